The molecule has 0 saturated heterocycles. The Morgan fingerprint density at radius 2 is 0.661 bits per heavy atom. The van der Waals surface area contributed by atoms with E-state index in [-0.39, 0.29) is 0 Å². The van der Waals surface area contributed by atoms with Crippen molar-refractivity contribution >= 4 is 43.6 Å². The Bertz CT molecular complexity index is 3590. The lowest BCUT2D eigenvalue weighted by atomic mass is 10.0. The Labute approximate surface area is 359 Å². The molecule has 9 aromatic carbocycles. The van der Waals surface area contributed by atoms with Crippen LogP contribution in [0.25, 0.3) is 111 Å². The lowest BCUT2D eigenvalue weighted by molar-refractivity contribution is 1.15. The van der Waals surface area contributed by atoms with Gasteiger partial charge in [0.2, 0.25) is 0 Å². The molecule has 290 valence electrons. The van der Waals surface area contributed by atoms with Crippen LogP contribution in [0, 0.1) is 0 Å². The highest BCUT2D eigenvalue weighted by Crippen LogP contribution is 2.42. The van der Waals surface area contributed by atoms with E-state index in [0.717, 1.165) is 50.6 Å². The van der Waals surface area contributed by atoms with Crippen LogP contribution in [0.4, 0.5) is 0 Å². The van der Waals surface area contributed by atoms with Crippen molar-refractivity contribution in [1.29, 1.82) is 0 Å². The molecule has 12 rings (SSSR count). The minimum absolute atomic E-state index is 0.692. The Hall–Kier alpha value is -8.34. The van der Waals surface area contributed by atoms with Gasteiger partial charge in [-0.2, -0.15) is 0 Å². The highest BCUT2D eigenvalue weighted by molar-refractivity contribution is 6.23. The summed E-state index contributed by atoms with van der Waals surface area (Å²) in [5.74, 6) is 0.692. The molecular weight excluding hydrogens is 753 g/mol. The molecule has 3 heterocycles. The molecule has 0 N–H and O–H groups in total. The molecule has 0 unspecified atom stereocenters. The van der Waals surface area contributed by atoms with E-state index in [1.807, 2.05) is 12.1 Å². The van der Waals surface area contributed by atoms with Gasteiger partial charge in [0, 0.05) is 49.6 Å². The molecule has 0 aliphatic rings. The second-order valence-corrected chi connectivity index (χ2v) is 15.8. The van der Waals surface area contributed by atoms with Gasteiger partial charge >= 0.3 is 0 Å². The van der Waals surface area contributed by atoms with Crippen LogP contribution >= 0.6 is 0 Å². The third kappa shape index (κ3) is 6.00. The van der Waals surface area contributed by atoms with Gasteiger partial charge in [-0.15, -0.1) is 0 Å². The minimum Gasteiger partial charge on any atom is -0.307 e. The van der Waals surface area contributed by atoms with Crippen molar-refractivity contribution in [2.45, 2.75) is 0 Å². The largest absolute Gasteiger partial charge is 0.307 e. The van der Waals surface area contributed by atoms with E-state index in [9.17, 15) is 0 Å². The van der Waals surface area contributed by atoms with Crippen molar-refractivity contribution in [1.82, 2.24) is 19.1 Å². The summed E-state index contributed by atoms with van der Waals surface area (Å²) in [6, 6.07) is 82.1. The average molecular weight is 791 g/mol. The molecule has 0 saturated carbocycles. The standard InChI is InChI=1S/C58H38N4/c1-4-15-39(16-5-1)40-27-31-43(32-28-40)53-38-52(42-17-6-2-7-18-42)59-58(60-53)44-33-29-41(30-34-44)45-19-14-22-47(37-45)62-55-26-13-11-24-49(55)51-36-35-50-48-23-10-12-25-54(48)61(56(50)57(51)62)46-20-8-3-9-21-46/h1-38H. The SMILES string of the molecule is c1ccc(-c2ccc(-c3cc(-c4ccccc4)nc(-c4ccc(-c5cccc(-n6c7ccccc7c7ccc8c9ccccc9n(-c9ccccc9)c8c76)c5)cc4)n3)cc2)cc1. The number of rotatable bonds is 7. The number of benzene rings is 9. The molecule has 0 amide bonds. The van der Waals surface area contributed by atoms with Gasteiger partial charge in [0.15, 0.2) is 5.82 Å². The zero-order valence-electron chi connectivity index (χ0n) is 33.7. The van der Waals surface area contributed by atoms with Crippen LogP contribution < -0.4 is 0 Å². The van der Waals surface area contributed by atoms with E-state index >= 15 is 0 Å². The van der Waals surface area contributed by atoms with Crippen LogP contribution in [0.2, 0.25) is 0 Å². The zero-order chi connectivity index (χ0) is 41.0. The molecule has 0 radical (unpaired) electrons. The third-order valence-corrected chi connectivity index (χ3v) is 12.1. The normalized spacial score (nSPS) is 11.5. The van der Waals surface area contributed by atoms with E-state index < -0.39 is 0 Å². The quantitative estimate of drug-likeness (QED) is 0.161. The van der Waals surface area contributed by atoms with Crippen LogP contribution in [0.5, 0.6) is 0 Å². The monoisotopic (exact) mass is 790 g/mol. The third-order valence-electron chi connectivity index (χ3n) is 12.1. The fourth-order valence-corrected chi connectivity index (χ4v) is 9.20. The lowest BCUT2D eigenvalue weighted by Gasteiger charge is -2.14. The maximum absolute atomic E-state index is 5.16. The first-order valence-electron chi connectivity index (χ1n) is 21.1. The summed E-state index contributed by atoms with van der Waals surface area (Å²) in [5, 5.41) is 4.93. The summed E-state index contributed by atoms with van der Waals surface area (Å²) in [6.45, 7) is 0. The van der Waals surface area contributed by atoms with Crippen LogP contribution in [-0.4, -0.2) is 19.1 Å². The Morgan fingerprint density at radius 3 is 1.26 bits per heavy atom. The van der Waals surface area contributed by atoms with E-state index in [2.05, 4.69) is 228 Å². The average Bonchev–Trinajstić information content (AvgIpc) is 3.88. The van der Waals surface area contributed by atoms with Crippen LogP contribution in [0.1, 0.15) is 0 Å². The highest BCUT2D eigenvalue weighted by Gasteiger charge is 2.21. The second kappa shape index (κ2) is 14.7. The second-order valence-electron chi connectivity index (χ2n) is 15.8. The van der Waals surface area contributed by atoms with Crippen molar-refractivity contribution in [3.8, 4) is 67.5 Å². The van der Waals surface area contributed by atoms with Gasteiger partial charge in [-0.3, -0.25) is 0 Å². The molecule has 62 heavy (non-hydrogen) atoms. The van der Waals surface area contributed by atoms with Crippen molar-refractivity contribution in [2.75, 3.05) is 0 Å². The molecule has 0 aliphatic carbocycles. The van der Waals surface area contributed by atoms with Crippen LogP contribution in [-0.2, 0) is 0 Å². The molecule has 0 bridgehead atoms. The van der Waals surface area contributed by atoms with E-state index in [4.69, 9.17) is 9.97 Å². The van der Waals surface area contributed by atoms with Crippen molar-refractivity contribution in [2.24, 2.45) is 0 Å². The smallest absolute Gasteiger partial charge is 0.160 e. The van der Waals surface area contributed by atoms with Crippen molar-refractivity contribution in [3.63, 3.8) is 0 Å². The van der Waals surface area contributed by atoms with Gasteiger partial charge in [-0.25, -0.2) is 9.97 Å². The van der Waals surface area contributed by atoms with E-state index in [1.54, 1.807) is 0 Å². The molecule has 4 nitrogen and oxygen atoms in total. The Balaban J connectivity index is 0.971. The molecular formula is C58H38N4. The summed E-state index contributed by atoms with van der Waals surface area (Å²) < 4.78 is 4.89. The number of aromatic nitrogens is 4. The number of hydrogen-bond acceptors (Lipinski definition) is 2. The van der Waals surface area contributed by atoms with Crippen molar-refractivity contribution in [3.05, 3.63) is 231 Å². The summed E-state index contributed by atoms with van der Waals surface area (Å²) in [5.41, 5.74) is 16.5. The van der Waals surface area contributed by atoms with Crippen molar-refractivity contribution < 1.29 is 0 Å². The maximum atomic E-state index is 5.16. The summed E-state index contributed by atoms with van der Waals surface area (Å²) >= 11 is 0. The molecule has 0 aliphatic heterocycles. The van der Waals surface area contributed by atoms with Gasteiger partial charge in [0.05, 0.1) is 33.5 Å². The zero-order valence-corrected chi connectivity index (χ0v) is 33.7. The lowest BCUT2D eigenvalue weighted by Crippen LogP contribution is -1.99. The van der Waals surface area contributed by atoms with Gasteiger partial charge < -0.3 is 9.13 Å². The molecule has 0 spiro atoms. The summed E-state index contributed by atoms with van der Waals surface area (Å²) in [6.07, 6.45) is 0. The molecule has 12 aromatic rings. The van der Waals surface area contributed by atoms with Gasteiger partial charge in [0.25, 0.3) is 0 Å². The van der Waals surface area contributed by atoms with Gasteiger partial charge in [-0.1, -0.05) is 188 Å². The van der Waals surface area contributed by atoms with E-state index in [0.29, 0.717) is 5.82 Å². The molecule has 0 fully saturated rings. The predicted molar refractivity (Wildman–Crippen MR) is 258 cm³/mol. The summed E-state index contributed by atoms with van der Waals surface area (Å²) in [7, 11) is 0. The topological polar surface area (TPSA) is 35.6 Å². The van der Waals surface area contributed by atoms with Crippen LogP contribution in [0.3, 0.4) is 0 Å². The van der Waals surface area contributed by atoms with Gasteiger partial charge in [0.1, 0.15) is 0 Å². The number of fused-ring (bicyclic) bond motifs is 7. The van der Waals surface area contributed by atoms with E-state index in [1.165, 1.54) is 54.7 Å². The number of hydrogen-bond donors (Lipinski definition) is 0. The Morgan fingerprint density at radius 1 is 0.258 bits per heavy atom. The predicted octanol–water partition coefficient (Wildman–Crippen LogP) is 15.0. The Kier molecular flexibility index (Phi) is 8.46. The van der Waals surface area contributed by atoms with Gasteiger partial charge in [-0.05, 0) is 64.7 Å². The number of para-hydroxylation sites is 3. The fourth-order valence-electron chi connectivity index (χ4n) is 9.20. The first-order chi connectivity index (χ1) is 30.7. The molecule has 3 aromatic heterocycles. The number of nitrogens with zero attached hydrogens (tertiary/aromatic N) is 4. The molecule has 4 heteroatoms. The first kappa shape index (κ1) is 35.6. The fraction of sp³-hybridized carbons (Fsp3) is 0. The first-order valence-corrected chi connectivity index (χ1v) is 21.1. The van der Waals surface area contributed by atoms with Crippen LogP contribution in [0.15, 0.2) is 231 Å². The highest BCUT2D eigenvalue weighted by atomic mass is 15.0. The molecule has 0 atom stereocenters. The minimum atomic E-state index is 0.692. The maximum Gasteiger partial charge on any atom is 0.160 e. The summed E-state index contributed by atoms with van der Waals surface area (Å²) in [4.78, 5) is 10.3.